The van der Waals surface area contributed by atoms with Crippen LogP contribution in [0.25, 0.3) is 0 Å². The summed E-state index contributed by atoms with van der Waals surface area (Å²) in [5, 5.41) is 3.60. The molecular formula is C17H26N2O2. The average Bonchev–Trinajstić information content (AvgIpc) is 2.47. The molecule has 1 heterocycles. The van der Waals surface area contributed by atoms with Crippen LogP contribution in [0, 0.1) is 0 Å². The Labute approximate surface area is 127 Å². The van der Waals surface area contributed by atoms with Crippen molar-refractivity contribution >= 4 is 11.6 Å². The molecule has 116 valence electrons. The fourth-order valence-electron chi connectivity index (χ4n) is 2.68. The molecule has 1 N–H and O–H groups in total. The Morgan fingerprint density at radius 3 is 3.00 bits per heavy atom. The molecule has 0 radical (unpaired) electrons. The van der Waals surface area contributed by atoms with Crippen molar-refractivity contribution in [1.82, 2.24) is 4.90 Å². The van der Waals surface area contributed by atoms with Gasteiger partial charge in [0.05, 0.1) is 6.10 Å². The zero-order valence-corrected chi connectivity index (χ0v) is 13.3. The lowest BCUT2D eigenvalue weighted by atomic mass is 10.0. The van der Waals surface area contributed by atoms with E-state index in [0.717, 1.165) is 37.1 Å². The van der Waals surface area contributed by atoms with E-state index in [-0.39, 0.29) is 5.91 Å². The number of nitrogens with zero attached hydrogens (tertiary/aromatic N) is 1. The van der Waals surface area contributed by atoms with Crippen LogP contribution in [-0.4, -0.2) is 36.6 Å². The Balaban J connectivity index is 1.96. The number of amides is 1. The maximum atomic E-state index is 11.3. The molecule has 1 aliphatic heterocycles. The van der Waals surface area contributed by atoms with E-state index in [1.54, 1.807) is 11.8 Å². The normalized spacial score (nSPS) is 21.9. The van der Waals surface area contributed by atoms with Gasteiger partial charge in [0, 0.05) is 38.9 Å². The first-order chi connectivity index (χ1) is 10.1. The molecule has 1 aliphatic rings. The van der Waals surface area contributed by atoms with Gasteiger partial charge < -0.3 is 15.0 Å². The molecule has 1 saturated heterocycles. The van der Waals surface area contributed by atoms with Crippen LogP contribution < -0.4 is 5.32 Å². The third kappa shape index (κ3) is 4.74. The van der Waals surface area contributed by atoms with E-state index in [1.807, 2.05) is 13.1 Å². The van der Waals surface area contributed by atoms with Crippen molar-refractivity contribution < 1.29 is 9.53 Å². The zero-order valence-electron chi connectivity index (χ0n) is 13.3. The molecular weight excluding hydrogens is 264 g/mol. The van der Waals surface area contributed by atoms with E-state index in [4.69, 9.17) is 4.74 Å². The SMILES string of the molecule is CCC1CC(Nc2cccc(CN(C)C(C)=O)c2)CCO1. The molecule has 1 aromatic rings. The first-order valence-electron chi connectivity index (χ1n) is 7.77. The lowest BCUT2D eigenvalue weighted by Crippen LogP contribution is -2.33. The first-order valence-corrected chi connectivity index (χ1v) is 7.77. The van der Waals surface area contributed by atoms with Crippen LogP contribution in [0.4, 0.5) is 5.69 Å². The fourth-order valence-corrected chi connectivity index (χ4v) is 2.68. The molecule has 0 bridgehead atoms. The summed E-state index contributed by atoms with van der Waals surface area (Å²) in [6, 6.07) is 8.81. The van der Waals surface area contributed by atoms with Crippen molar-refractivity contribution in [2.75, 3.05) is 19.0 Å². The maximum absolute atomic E-state index is 11.3. The van der Waals surface area contributed by atoms with Crippen molar-refractivity contribution in [2.45, 2.75) is 51.8 Å². The second-order valence-corrected chi connectivity index (χ2v) is 5.84. The Morgan fingerprint density at radius 1 is 1.48 bits per heavy atom. The van der Waals surface area contributed by atoms with Gasteiger partial charge in [-0.3, -0.25) is 4.79 Å². The number of carbonyl (C=O) groups is 1. The minimum Gasteiger partial charge on any atom is -0.382 e. The zero-order chi connectivity index (χ0) is 15.2. The van der Waals surface area contributed by atoms with Crippen molar-refractivity contribution in [3.05, 3.63) is 29.8 Å². The molecule has 2 rings (SSSR count). The fraction of sp³-hybridized carbons (Fsp3) is 0.588. The minimum atomic E-state index is 0.0866. The summed E-state index contributed by atoms with van der Waals surface area (Å²) in [5.74, 6) is 0.0866. The Hall–Kier alpha value is -1.55. The van der Waals surface area contributed by atoms with Crippen LogP contribution in [0.15, 0.2) is 24.3 Å². The summed E-state index contributed by atoms with van der Waals surface area (Å²) in [7, 11) is 1.83. The van der Waals surface area contributed by atoms with Crippen LogP contribution >= 0.6 is 0 Å². The summed E-state index contributed by atoms with van der Waals surface area (Å²) in [5.41, 5.74) is 2.28. The number of anilines is 1. The molecule has 0 aliphatic carbocycles. The standard InChI is InChI=1S/C17H26N2O2/c1-4-17-11-16(8-9-21-17)18-15-7-5-6-14(10-15)12-19(3)13(2)20/h5-7,10,16-18H,4,8-9,11-12H2,1-3H3. The van der Waals surface area contributed by atoms with Gasteiger partial charge in [-0.05, 0) is 37.0 Å². The predicted octanol–water partition coefficient (Wildman–Crippen LogP) is 3.03. The van der Waals surface area contributed by atoms with Gasteiger partial charge in [-0.2, -0.15) is 0 Å². The summed E-state index contributed by atoms with van der Waals surface area (Å²) in [6.45, 7) is 5.25. The highest BCUT2D eigenvalue weighted by Gasteiger charge is 2.21. The first kappa shape index (κ1) is 15.8. The molecule has 2 atom stereocenters. The van der Waals surface area contributed by atoms with Gasteiger partial charge >= 0.3 is 0 Å². The summed E-state index contributed by atoms with van der Waals surface area (Å²) >= 11 is 0. The minimum absolute atomic E-state index is 0.0866. The molecule has 1 fully saturated rings. The molecule has 1 amide bonds. The van der Waals surface area contributed by atoms with Crippen molar-refractivity contribution in [3.8, 4) is 0 Å². The van der Waals surface area contributed by atoms with Crippen LogP contribution in [0.2, 0.25) is 0 Å². The monoisotopic (exact) mass is 290 g/mol. The Bertz CT molecular complexity index is 476. The van der Waals surface area contributed by atoms with Gasteiger partial charge in [-0.25, -0.2) is 0 Å². The Morgan fingerprint density at radius 2 is 2.29 bits per heavy atom. The second kappa shape index (κ2) is 7.46. The molecule has 0 spiro atoms. The van der Waals surface area contributed by atoms with E-state index in [9.17, 15) is 4.79 Å². The molecule has 0 saturated carbocycles. The van der Waals surface area contributed by atoms with E-state index < -0.39 is 0 Å². The highest BCUT2D eigenvalue weighted by atomic mass is 16.5. The molecule has 4 nitrogen and oxygen atoms in total. The van der Waals surface area contributed by atoms with Crippen molar-refractivity contribution in [2.24, 2.45) is 0 Å². The predicted molar refractivity (Wildman–Crippen MR) is 85.3 cm³/mol. The van der Waals surface area contributed by atoms with E-state index in [0.29, 0.717) is 18.7 Å². The van der Waals surface area contributed by atoms with Gasteiger partial charge in [-0.15, -0.1) is 0 Å². The van der Waals surface area contributed by atoms with Crippen LogP contribution in [-0.2, 0) is 16.1 Å². The topological polar surface area (TPSA) is 41.6 Å². The number of nitrogens with one attached hydrogen (secondary N) is 1. The highest BCUT2D eigenvalue weighted by molar-refractivity contribution is 5.72. The largest absolute Gasteiger partial charge is 0.382 e. The van der Waals surface area contributed by atoms with Gasteiger partial charge in [-0.1, -0.05) is 19.1 Å². The van der Waals surface area contributed by atoms with E-state index in [2.05, 4.69) is 30.4 Å². The lowest BCUT2D eigenvalue weighted by Gasteiger charge is -2.30. The van der Waals surface area contributed by atoms with Gasteiger partial charge in [0.2, 0.25) is 5.91 Å². The third-order valence-electron chi connectivity index (χ3n) is 4.08. The molecule has 2 unspecified atom stereocenters. The Kier molecular flexibility index (Phi) is 5.62. The number of benzene rings is 1. The van der Waals surface area contributed by atoms with E-state index >= 15 is 0 Å². The average molecular weight is 290 g/mol. The second-order valence-electron chi connectivity index (χ2n) is 5.84. The van der Waals surface area contributed by atoms with Crippen LogP contribution in [0.1, 0.15) is 38.7 Å². The quantitative estimate of drug-likeness (QED) is 0.906. The summed E-state index contributed by atoms with van der Waals surface area (Å²) < 4.78 is 5.71. The van der Waals surface area contributed by atoms with Gasteiger partial charge in [0.15, 0.2) is 0 Å². The third-order valence-corrected chi connectivity index (χ3v) is 4.08. The number of ether oxygens (including phenoxy) is 1. The number of rotatable bonds is 5. The highest BCUT2D eigenvalue weighted by Crippen LogP contribution is 2.21. The maximum Gasteiger partial charge on any atom is 0.219 e. The molecule has 21 heavy (non-hydrogen) atoms. The van der Waals surface area contributed by atoms with E-state index in [1.165, 1.54) is 0 Å². The lowest BCUT2D eigenvalue weighted by molar-refractivity contribution is -0.128. The molecule has 0 aromatic heterocycles. The number of hydrogen-bond acceptors (Lipinski definition) is 3. The molecule has 4 heteroatoms. The smallest absolute Gasteiger partial charge is 0.219 e. The number of carbonyl (C=O) groups excluding carboxylic acids is 1. The van der Waals surface area contributed by atoms with Crippen LogP contribution in [0.3, 0.4) is 0 Å². The van der Waals surface area contributed by atoms with Gasteiger partial charge in [0.1, 0.15) is 0 Å². The summed E-state index contributed by atoms with van der Waals surface area (Å²) in [4.78, 5) is 13.0. The van der Waals surface area contributed by atoms with Crippen LogP contribution in [0.5, 0.6) is 0 Å². The summed E-state index contributed by atoms with van der Waals surface area (Å²) in [6.07, 6.45) is 3.56. The van der Waals surface area contributed by atoms with Crippen molar-refractivity contribution in [1.29, 1.82) is 0 Å². The van der Waals surface area contributed by atoms with Crippen molar-refractivity contribution in [3.63, 3.8) is 0 Å². The number of hydrogen-bond donors (Lipinski definition) is 1. The molecule has 1 aromatic carbocycles. The van der Waals surface area contributed by atoms with Gasteiger partial charge in [0.25, 0.3) is 0 Å².